The standard InChI is InChI=1S/C6H10N2O/c1-4-5-7-6(9)8(2)3/h4-5H,1H2,2-3H3. The molecule has 0 aromatic carbocycles. The molecule has 0 heterocycles. The van der Waals surface area contributed by atoms with Crippen LogP contribution in [0.1, 0.15) is 0 Å². The van der Waals surface area contributed by atoms with Crippen LogP contribution < -0.4 is 0 Å². The number of amides is 2. The van der Waals surface area contributed by atoms with Gasteiger partial charge in [-0.1, -0.05) is 12.7 Å². The fraction of sp³-hybridized carbons (Fsp3) is 0.333. The van der Waals surface area contributed by atoms with Crippen molar-refractivity contribution < 1.29 is 4.79 Å². The van der Waals surface area contributed by atoms with Gasteiger partial charge in [0.05, 0.1) is 0 Å². The van der Waals surface area contributed by atoms with Crippen LogP contribution >= 0.6 is 0 Å². The minimum atomic E-state index is -0.269. The van der Waals surface area contributed by atoms with E-state index in [1.165, 1.54) is 17.2 Å². The summed E-state index contributed by atoms with van der Waals surface area (Å²) in [5, 5.41) is 0. The van der Waals surface area contributed by atoms with Gasteiger partial charge in [-0.25, -0.2) is 9.79 Å². The van der Waals surface area contributed by atoms with Crippen LogP contribution in [0.15, 0.2) is 17.6 Å². The molecule has 50 valence electrons. The molecule has 0 spiro atoms. The predicted octanol–water partition coefficient (Wildman–Crippen LogP) is 0.925. The van der Waals surface area contributed by atoms with Crippen LogP contribution in [0.25, 0.3) is 0 Å². The Labute approximate surface area is 54.7 Å². The number of carbonyl (C=O) groups is 1. The molecule has 0 aliphatic rings. The van der Waals surface area contributed by atoms with Gasteiger partial charge in [-0.2, -0.15) is 0 Å². The van der Waals surface area contributed by atoms with Crippen LogP contribution in [-0.2, 0) is 0 Å². The molecule has 0 aliphatic carbocycles. The Morgan fingerprint density at radius 1 is 1.67 bits per heavy atom. The zero-order chi connectivity index (χ0) is 7.28. The van der Waals surface area contributed by atoms with Crippen LogP contribution in [0.5, 0.6) is 0 Å². The molecule has 0 atom stereocenters. The molecule has 0 N–H and O–H groups in total. The van der Waals surface area contributed by atoms with Crippen molar-refractivity contribution >= 4 is 12.2 Å². The van der Waals surface area contributed by atoms with Crippen molar-refractivity contribution in [1.82, 2.24) is 4.90 Å². The third-order valence-electron chi connectivity index (χ3n) is 0.673. The topological polar surface area (TPSA) is 32.7 Å². The third-order valence-corrected chi connectivity index (χ3v) is 0.673. The van der Waals surface area contributed by atoms with Crippen LogP contribution in [0.4, 0.5) is 4.79 Å². The highest BCUT2D eigenvalue weighted by molar-refractivity contribution is 5.86. The van der Waals surface area contributed by atoms with Gasteiger partial charge < -0.3 is 4.90 Å². The zero-order valence-electron chi connectivity index (χ0n) is 5.66. The van der Waals surface area contributed by atoms with Crippen LogP contribution in [0.2, 0.25) is 0 Å². The number of hydrogen-bond acceptors (Lipinski definition) is 1. The van der Waals surface area contributed by atoms with Crippen LogP contribution in [0.3, 0.4) is 0 Å². The maximum absolute atomic E-state index is 10.6. The number of carbonyl (C=O) groups excluding carboxylic acids is 1. The first kappa shape index (κ1) is 7.88. The van der Waals surface area contributed by atoms with E-state index in [0.29, 0.717) is 0 Å². The highest BCUT2D eigenvalue weighted by atomic mass is 16.2. The average molecular weight is 126 g/mol. The van der Waals surface area contributed by atoms with Gasteiger partial charge in [0, 0.05) is 20.3 Å². The molecular weight excluding hydrogens is 116 g/mol. The smallest absolute Gasteiger partial charge is 0.329 e. The van der Waals surface area contributed by atoms with Gasteiger partial charge in [0.25, 0.3) is 0 Å². The number of rotatable bonds is 1. The number of aliphatic imine (C=N–C) groups is 1. The van der Waals surface area contributed by atoms with Crippen molar-refractivity contribution in [3.05, 3.63) is 12.7 Å². The van der Waals surface area contributed by atoms with E-state index in [4.69, 9.17) is 0 Å². The summed E-state index contributed by atoms with van der Waals surface area (Å²) in [6.07, 6.45) is 2.82. The Balaban J connectivity index is 3.76. The molecular formula is C6H10N2O. The number of urea groups is 1. The molecule has 0 fully saturated rings. The van der Waals surface area contributed by atoms with Crippen molar-refractivity contribution in [2.75, 3.05) is 14.1 Å². The lowest BCUT2D eigenvalue weighted by Crippen LogP contribution is -2.17. The Kier molecular flexibility index (Phi) is 3.35. The highest BCUT2D eigenvalue weighted by Crippen LogP contribution is 1.80. The zero-order valence-corrected chi connectivity index (χ0v) is 5.66. The Morgan fingerprint density at radius 3 is 2.56 bits per heavy atom. The summed E-state index contributed by atoms with van der Waals surface area (Å²) < 4.78 is 0. The first-order valence-electron chi connectivity index (χ1n) is 2.55. The largest absolute Gasteiger partial charge is 0.342 e. The Morgan fingerprint density at radius 2 is 2.22 bits per heavy atom. The maximum Gasteiger partial charge on any atom is 0.342 e. The molecule has 0 rings (SSSR count). The van der Waals surface area contributed by atoms with Gasteiger partial charge in [0.1, 0.15) is 0 Å². The number of hydrogen-bond donors (Lipinski definition) is 0. The lowest BCUT2D eigenvalue weighted by molar-refractivity contribution is 0.227. The summed E-state index contributed by atoms with van der Waals surface area (Å²) in [5.41, 5.74) is 0. The molecule has 0 bridgehead atoms. The van der Waals surface area contributed by atoms with Gasteiger partial charge >= 0.3 is 6.03 Å². The molecule has 0 radical (unpaired) electrons. The van der Waals surface area contributed by atoms with E-state index >= 15 is 0 Å². The number of allylic oxidation sites excluding steroid dienone is 1. The molecule has 2 amide bonds. The number of nitrogens with zero attached hydrogens (tertiary/aromatic N) is 2. The quantitative estimate of drug-likeness (QED) is 0.481. The van der Waals surface area contributed by atoms with Gasteiger partial charge in [-0.05, 0) is 0 Å². The van der Waals surface area contributed by atoms with Gasteiger partial charge in [-0.3, -0.25) is 0 Å². The van der Waals surface area contributed by atoms with Gasteiger partial charge in [0.2, 0.25) is 0 Å². The minimum Gasteiger partial charge on any atom is -0.329 e. The molecule has 9 heavy (non-hydrogen) atoms. The first-order valence-corrected chi connectivity index (χ1v) is 2.55. The summed E-state index contributed by atoms with van der Waals surface area (Å²) in [6.45, 7) is 3.37. The second kappa shape index (κ2) is 3.83. The summed E-state index contributed by atoms with van der Waals surface area (Å²) in [6, 6.07) is -0.269. The van der Waals surface area contributed by atoms with Crippen molar-refractivity contribution in [3.8, 4) is 0 Å². The monoisotopic (exact) mass is 126 g/mol. The Hall–Kier alpha value is -1.12. The average Bonchev–Trinajstić information content (AvgIpc) is 1.82. The van der Waals surface area contributed by atoms with Gasteiger partial charge in [0.15, 0.2) is 0 Å². The maximum atomic E-state index is 10.6. The summed E-state index contributed by atoms with van der Waals surface area (Å²) in [7, 11) is 3.28. The second-order valence-corrected chi connectivity index (χ2v) is 1.69. The minimum absolute atomic E-state index is 0.269. The lowest BCUT2D eigenvalue weighted by atomic mass is 10.7. The van der Waals surface area contributed by atoms with Crippen LogP contribution in [-0.4, -0.2) is 31.2 Å². The van der Waals surface area contributed by atoms with Crippen molar-refractivity contribution in [1.29, 1.82) is 0 Å². The van der Waals surface area contributed by atoms with Crippen molar-refractivity contribution in [2.45, 2.75) is 0 Å². The van der Waals surface area contributed by atoms with Crippen molar-refractivity contribution in [3.63, 3.8) is 0 Å². The van der Waals surface area contributed by atoms with Crippen LogP contribution in [0, 0.1) is 0 Å². The fourth-order valence-corrected chi connectivity index (χ4v) is 0.232. The third kappa shape index (κ3) is 3.46. The highest BCUT2D eigenvalue weighted by Gasteiger charge is 1.95. The van der Waals surface area contributed by atoms with E-state index in [-0.39, 0.29) is 6.03 Å². The molecule has 0 aliphatic heterocycles. The molecule has 0 aromatic heterocycles. The first-order chi connectivity index (χ1) is 4.18. The molecule has 0 saturated carbocycles. The second-order valence-electron chi connectivity index (χ2n) is 1.69. The van der Waals surface area contributed by atoms with E-state index in [1.54, 1.807) is 14.1 Å². The summed E-state index contributed by atoms with van der Waals surface area (Å²) in [5.74, 6) is 0. The molecule has 0 unspecified atom stereocenters. The van der Waals surface area contributed by atoms with Gasteiger partial charge in [-0.15, -0.1) is 0 Å². The molecule has 3 nitrogen and oxygen atoms in total. The van der Waals surface area contributed by atoms with Crippen molar-refractivity contribution in [2.24, 2.45) is 4.99 Å². The predicted molar refractivity (Wildman–Crippen MR) is 37.8 cm³/mol. The summed E-state index contributed by atoms with van der Waals surface area (Å²) in [4.78, 5) is 15.5. The SMILES string of the molecule is C=CC=NC(=O)N(C)C. The summed E-state index contributed by atoms with van der Waals surface area (Å²) >= 11 is 0. The van der Waals surface area contributed by atoms with E-state index in [9.17, 15) is 4.79 Å². The molecule has 0 aromatic rings. The lowest BCUT2D eigenvalue weighted by Gasteiger charge is -2.02. The molecule has 3 heteroatoms. The van der Waals surface area contributed by atoms with E-state index in [1.807, 2.05) is 0 Å². The van der Waals surface area contributed by atoms with E-state index < -0.39 is 0 Å². The Bertz CT molecular complexity index is 138. The molecule has 0 saturated heterocycles. The van der Waals surface area contributed by atoms with E-state index in [2.05, 4.69) is 11.6 Å². The van der Waals surface area contributed by atoms with E-state index in [0.717, 1.165) is 0 Å². The fourth-order valence-electron chi connectivity index (χ4n) is 0.232. The normalized spacial score (nSPS) is 9.56.